The fourth-order valence-electron chi connectivity index (χ4n) is 4.88. The van der Waals surface area contributed by atoms with E-state index in [0.29, 0.717) is 0 Å². The summed E-state index contributed by atoms with van der Waals surface area (Å²) in [6.07, 6.45) is 0. The van der Waals surface area contributed by atoms with Gasteiger partial charge in [0.05, 0.1) is 11.1 Å². The average molecular weight is 611 g/mol. The second kappa shape index (κ2) is 13.1. The van der Waals surface area contributed by atoms with Gasteiger partial charge in [-0.05, 0) is 100 Å². The quantitative estimate of drug-likeness (QED) is 0.170. The molecule has 0 aliphatic carbocycles. The van der Waals surface area contributed by atoms with Crippen molar-refractivity contribution in [2.24, 2.45) is 0 Å². The van der Waals surface area contributed by atoms with Crippen LogP contribution < -0.4 is 0 Å². The number of aromatic carboxylic acids is 2. The van der Waals surface area contributed by atoms with Crippen LogP contribution >= 0.6 is 23.5 Å². The molecule has 0 aliphatic heterocycles. The molecule has 0 aromatic heterocycles. The van der Waals surface area contributed by atoms with Crippen LogP contribution in [0.2, 0.25) is 0 Å². The molecule has 214 valence electrons. The van der Waals surface area contributed by atoms with Crippen molar-refractivity contribution in [1.29, 1.82) is 0 Å². The van der Waals surface area contributed by atoms with Gasteiger partial charge in [-0.3, -0.25) is 0 Å². The van der Waals surface area contributed by atoms with Crippen molar-refractivity contribution in [2.45, 2.75) is 19.6 Å². The van der Waals surface area contributed by atoms with Crippen LogP contribution in [0.3, 0.4) is 0 Å². The molecule has 6 aromatic carbocycles. The van der Waals surface area contributed by atoms with E-state index in [9.17, 15) is 19.8 Å². The Morgan fingerprint density at radius 3 is 1.34 bits per heavy atom. The van der Waals surface area contributed by atoms with E-state index in [4.69, 9.17) is 0 Å². The highest BCUT2D eigenvalue weighted by Gasteiger charge is 2.11. The topological polar surface area (TPSA) is 74.6 Å². The normalized spacial score (nSPS) is 10.8. The van der Waals surface area contributed by atoms with Crippen LogP contribution in [-0.2, 0) is 0 Å². The summed E-state index contributed by atoms with van der Waals surface area (Å²) in [5.41, 5.74) is 7.20. The molecular weight excluding hydrogens is 585 g/mol. The third kappa shape index (κ3) is 6.62. The Labute approximate surface area is 264 Å². The monoisotopic (exact) mass is 610 g/mol. The molecule has 0 aliphatic rings. The summed E-state index contributed by atoms with van der Waals surface area (Å²) in [6, 6.07) is 47.4. The van der Waals surface area contributed by atoms with Crippen molar-refractivity contribution in [3.8, 4) is 33.4 Å². The van der Waals surface area contributed by atoms with E-state index in [2.05, 4.69) is 72.8 Å². The minimum atomic E-state index is -0.931. The van der Waals surface area contributed by atoms with Crippen LogP contribution in [-0.4, -0.2) is 22.2 Å². The molecule has 4 nitrogen and oxygen atoms in total. The molecule has 0 fully saturated rings. The van der Waals surface area contributed by atoms with Crippen molar-refractivity contribution < 1.29 is 19.8 Å². The molecule has 0 bridgehead atoms. The van der Waals surface area contributed by atoms with E-state index >= 15 is 0 Å². The van der Waals surface area contributed by atoms with Gasteiger partial charge in [-0.25, -0.2) is 9.59 Å². The second-order valence-electron chi connectivity index (χ2n) is 10.0. The van der Waals surface area contributed by atoms with Gasteiger partial charge in [0.15, 0.2) is 0 Å². The zero-order valence-electron chi connectivity index (χ0n) is 23.4. The first kappa shape index (κ1) is 29.1. The SMILES string of the molecule is O=C(O)c1ccc(Sc2ccccc2-c2ccc(-c3cccc(-c4ccccc4Sc4ccc(C(=O)O)cc4)c3)cc2)cc1. The first-order valence-electron chi connectivity index (χ1n) is 13.9. The highest BCUT2D eigenvalue weighted by atomic mass is 32.2. The number of rotatable bonds is 9. The molecule has 2 N–H and O–H groups in total. The lowest BCUT2D eigenvalue weighted by atomic mass is 9.97. The zero-order valence-corrected chi connectivity index (χ0v) is 25.0. The van der Waals surface area contributed by atoms with Crippen molar-refractivity contribution in [3.63, 3.8) is 0 Å². The summed E-state index contributed by atoms with van der Waals surface area (Å²) < 4.78 is 0. The minimum absolute atomic E-state index is 0.274. The molecule has 0 saturated carbocycles. The van der Waals surface area contributed by atoms with Gasteiger partial charge in [-0.2, -0.15) is 0 Å². The van der Waals surface area contributed by atoms with Gasteiger partial charge in [0, 0.05) is 19.6 Å². The van der Waals surface area contributed by atoms with E-state index in [1.807, 2.05) is 48.5 Å². The third-order valence-electron chi connectivity index (χ3n) is 7.14. The van der Waals surface area contributed by atoms with Crippen molar-refractivity contribution in [3.05, 3.63) is 157 Å². The standard InChI is InChI=1S/C38H26O4S2/c39-37(40)27-16-20-31(21-17-27)43-35-10-3-1-8-33(35)26-14-12-25(13-15-26)29-6-5-7-30(24-29)34-9-2-4-11-36(34)44-32-22-18-28(19-23-32)38(41)42/h1-24H,(H,39,40)(H,41,42). The number of carboxylic acid groups (broad SMARTS) is 2. The maximum absolute atomic E-state index is 11.2. The predicted molar refractivity (Wildman–Crippen MR) is 178 cm³/mol. The Bertz CT molecular complexity index is 1950. The smallest absolute Gasteiger partial charge is 0.335 e. The molecule has 0 radical (unpaired) electrons. The van der Waals surface area contributed by atoms with Gasteiger partial charge in [0.25, 0.3) is 0 Å². The largest absolute Gasteiger partial charge is 0.478 e. The fourth-order valence-corrected chi connectivity index (χ4v) is 6.82. The van der Waals surface area contributed by atoms with Gasteiger partial charge in [-0.15, -0.1) is 0 Å². The highest BCUT2D eigenvalue weighted by Crippen LogP contribution is 2.39. The number of hydrogen-bond acceptors (Lipinski definition) is 4. The molecule has 0 saturated heterocycles. The Hall–Kier alpha value is -5.04. The molecular formula is C38H26O4S2. The van der Waals surface area contributed by atoms with Crippen LogP contribution in [0.25, 0.3) is 33.4 Å². The molecule has 0 unspecified atom stereocenters. The number of benzene rings is 6. The Balaban J connectivity index is 1.24. The molecule has 6 aromatic rings. The summed E-state index contributed by atoms with van der Waals surface area (Å²) >= 11 is 3.23. The maximum Gasteiger partial charge on any atom is 0.335 e. The van der Waals surface area contributed by atoms with Gasteiger partial charge in [0.2, 0.25) is 0 Å². The molecule has 6 rings (SSSR count). The van der Waals surface area contributed by atoms with Gasteiger partial charge in [0.1, 0.15) is 0 Å². The van der Waals surface area contributed by atoms with Crippen LogP contribution in [0.1, 0.15) is 20.7 Å². The van der Waals surface area contributed by atoms with Gasteiger partial charge >= 0.3 is 11.9 Å². The second-order valence-corrected chi connectivity index (χ2v) is 12.2. The van der Waals surface area contributed by atoms with E-state index in [-0.39, 0.29) is 11.1 Å². The lowest BCUT2D eigenvalue weighted by Gasteiger charge is -2.12. The van der Waals surface area contributed by atoms with Crippen LogP contribution in [0.15, 0.2) is 165 Å². The van der Waals surface area contributed by atoms with E-state index in [1.165, 1.54) is 0 Å². The zero-order chi connectivity index (χ0) is 30.5. The third-order valence-corrected chi connectivity index (χ3v) is 9.30. The van der Waals surface area contributed by atoms with Gasteiger partial charge in [-0.1, -0.05) is 102 Å². The predicted octanol–water partition coefficient (Wildman–Crippen LogP) is 10.4. The van der Waals surface area contributed by atoms with Gasteiger partial charge < -0.3 is 10.2 Å². The highest BCUT2D eigenvalue weighted by molar-refractivity contribution is 7.99. The van der Waals surface area contributed by atoms with Crippen molar-refractivity contribution >= 4 is 35.5 Å². The summed E-state index contributed by atoms with van der Waals surface area (Å²) in [6.45, 7) is 0. The summed E-state index contributed by atoms with van der Waals surface area (Å²) in [5, 5.41) is 18.4. The van der Waals surface area contributed by atoms with E-state index in [0.717, 1.165) is 53.0 Å². The first-order chi connectivity index (χ1) is 21.4. The van der Waals surface area contributed by atoms with E-state index in [1.54, 1.807) is 47.8 Å². The Morgan fingerprint density at radius 2 is 0.841 bits per heavy atom. The lowest BCUT2D eigenvalue weighted by Crippen LogP contribution is -1.94. The number of hydrogen-bond donors (Lipinski definition) is 2. The average Bonchev–Trinajstić information content (AvgIpc) is 3.06. The van der Waals surface area contributed by atoms with Crippen LogP contribution in [0.4, 0.5) is 0 Å². The minimum Gasteiger partial charge on any atom is -0.478 e. The Morgan fingerprint density at radius 1 is 0.409 bits per heavy atom. The fraction of sp³-hybridized carbons (Fsp3) is 0. The molecule has 0 heterocycles. The lowest BCUT2D eigenvalue weighted by molar-refractivity contribution is 0.0686. The first-order valence-corrected chi connectivity index (χ1v) is 15.5. The Kier molecular flexibility index (Phi) is 8.64. The molecule has 0 amide bonds. The summed E-state index contributed by atoms with van der Waals surface area (Å²) in [7, 11) is 0. The number of carbonyl (C=O) groups is 2. The molecule has 0 atom stereocenters. The molecule has 6 heteroatoms. The maximum atomic E-state index is 11.2. The van der Waals surface area contributed by atoms with Crippen molar-refractivity contribution in [1.82, 2.24) is 0 Å². The molecule has 44 heavy (non-hydrogen) atoms. The molecule has 0 spiro atoms. The summed E-state index contributed by atoms with van der Waals surface area (Å²) in [4.78, 5) is 26.6. The van der Waals surface area contributed by atoms with Crippen molar-refractivity contribution in [2.75, 3.05) is 0 Å². The summed E-state index contributed by atoms with van der Waals surface area (Å²) in [5.74, 6) is -1.86. The van der Waals surface area contributed by atoms with Crippen LogP contribution in [0, 0.1) is 0 Å². The number of carboxylic acids is 2. The van der Waals surface area contributed by atoms with Crippen LogP contribution in [0.5, 0.6) is 0 Å². The van der Waals surface area contributed by atoms with E-state index < -0.39 is 11.9 Å².